The van der Waals surface area contributed by atoms with E-state index in [1.807, 2.05) is 0 Å². The Morgan fingerprint density at radius 2 is 1.92 bits per heavy atom. The minimum Gasteiger partial charge on any atom is -0.330 e. The highest BCUT2D eigenvalue weighted by Crippen LogP contribution is 2.07. The molecule has 2 nitrogen and oxygen atoms in total. The maximum absolute atomic E-state index is 12.1. The van der Waals surface area contributed by atoms with E-state index >= 15 is 0 Å². The van der Waals surface area contributed by atoms with E-state index in [0.717, 1.165) is 0 Å². The third-order valence-corrected chi connectivity index (χ3v) is 1.80. The van der Waals surface area contributed by atoms with E-state index in [4.69, 9.17) is 5.73 Å². The molecule has 0 spiro atoms. The molecule has 0 radical (unpaired) electrons. The van der Waals surface area contributed by atoms with Gasteiger partial charge in [-0.3, -0.25) is 4.79 Å². The van der Waals surface area contributed by atoms with Crippen LogP contribution in [0, 0.1) is 0 Å². The lowest BCUT2D eigenvalue weighted by Gasteiger charge is -1.99. The normalized spacial score (nSPS) is 10.0. The smallest absolute Gasteiger partial charge is 0.164 e. The molecule has 0 heterocycles. The van der Waals surface area contributed by atoms with Gasteiger partial charge in [-0.25, -0.2) is 4.39 Å². The summed E-state index contributed by atoms with van der Waals surface area (Å²) in [4.78, 5) is 11.3. The van der Waals surface area contributed by atoms with E-state index in [1.165, 1.54) is 0 Å². The van der Waals surface area contributed by atoms with Gasteiger partial charge in [0.1, 0.15) is 6.67 Å². The summed E-state index contributed by atoms with van der Waals surface area (Å²) in [6.07, 6.45) is 0.342. The summed E-state index contributed by atoms with van der Waals surface area (Å²) < 4.78 is 12.1. The molecule has 70 valence electrons. The van der Waals surface area contributed by atoms with Gasteiger partial charge in [-0.2, -0.15) is 0 Å². The van der Waals surface area contributed by atoms with Crippen LogP contribution in [0.15, 0.2) is 24.3 Å². The highest BCUT2D eigenvalue weighted by Gasteiger charge is 2.03. The van der Waals surface area contributed by atoms with Crippen LogP contribution >= 0.6 is 0 Å². The number of ketones is 1. The molecule has 3 heteroatoms. The molecule has 0 aliphatic heterocycles. The number of nitrogens with two attached hydrogens (primary N) is 1. The van der Waals surface area contributed by atoms with Crippen LogP contribution in [-0.2, 0) is 6.67 Å². The fraction of sp³-hybridized carbons (Fsp3) is 0.300. The molecule has 0 saturated heterocycles. The highest BCUT2D eigenvalue weighted by atomic mass is 19.1. The Bertz CT molecular complexity index is 281. The summed E-state index contributed by atoms with van der Waals surface area (Å²) in [7, 11) is 0. The quantitative estimate of drug-likeness (QED) is 0.718. The van der Waals surface area contributed by atoms with Crippen LogP contribution in [0.1, 0.15) is 22.3 Å². The van der Waals surface area contributed by atoms with Crippen LogP contribution in [0.25, 0.3) is 0 Å². The summed E-state index contributed by atoms with van der Waals surface area (Å²) >= 11 is 0. The van der Waals surface area contributed by atoms with Gasteiger partial charge >= 0.3 is 0 Å². The molecule has 13 heavy (non-hydrogen) atoms. The van der Waals surface area contributed by atoms with Gasteiger partial charge in [0, 0.05) is 12.0 Å². The molecule has 1 aromatic carbocycles. The molecule has 0 aliphatic carbocycles. The van der Waals surface area contributed by atoms with Crippen LogP contribution in [0.5, 0.6) is 0 Å². The van der Waals surface area contributed by atoms with Crippen molar-refractivity contribution < 1.29 is 9.18 Å². The maximum Gasteiger partial charge on any atom is 0.164 e. The predicted molar refractivity (Wildman–Crippen MR) is 49.3 cm³/mol. The Hall–Kier alpha value is -1.22. The zero-order valence-electron chi connectivity index (χ0n) is 7.29. The first-order valence-electron chi connectivity index (χ1n) is 4.16. The molecule has 0 aromatic heterocycles. The van der Waals surface area contributed by atoms with Gasteiger partial charge in [0.05, 0.1) is 0 Å². The second-order valence-electron chi connectivity index (χ2n) is 2.79. The molecular weight excluding hydrogens is 169 g/mol. The van der Waals surface area contributed by atoms with Crippen molar-refractivity contribution in [3.63, 3.8) is 0 Å². The molecule has 1 rings (SSSR count). The first kappa shape index (κ1) is 9.86. The first-order valence-corrected chi connectivity index (χ1v) is 4.16. The van der Waals surface area contributed by atoms with Gasteiger partial charge in [-0.05, 0) is 12.1 Å². The lowest BCUT2D eigenvalue weighted by molar-refractivity contribution is 0.0985. The second-order valence-corrected chi connectivity index (χ2v) is 2.79. The molecule has 1 aromatic rings. The molecule has 0 fully saturated rings. The van der Waals surface area contributed by atoms with Crippen LogP contribution in [0.2, 0.25) is 0 Å². The van der Waals surface area contributed by atoms with Crippen LogP contribution in [0.4, 0.5) is 4.39 Å². The number of benzene rings is 1. The highest BCUT2D eigenvalue weighted by molar-refractivity contribution is 5.96. The van der Waals surface area contributed by atoms with Gasteiger partial charge in [0.15, 0.2) is 5.78 Å². The number of hydrogen-bond acceptors (Lipinski definition) is 2. The molecule has 0 bridgehead atoms. The van der Waals surface area contributed by atoms with E-state index in [9.17, 15) is 9.18 Å². The van der Waals surface area contributed by atoms with Crippen LogP contribution < -0.4 is 5.73 Å². The number of carbonyl (C=O) groups is 1. The minimum absolute atomic E-state index is 0.00732. The van der Waals surface area contributed by atoms with Gasteiger partial charge < -0.3 is 5.73 Å². The van der Waals surface area contributed by atoms with E-state index < -0.39 is 6.67 Å². The number of alkyl halides is 1. The molecule has 0 unspecified atom stereocenters. The van der Waals surface area contributed by atoms with Gasteiger partial charge in [-0.1, -0.05) is 24.3 Å². The van der Waals surface area contributed by atoms with Crippen molar-refractivity contribution in [3.05, 3.63) is 35.4 Å². The minimum atomic E-state index is -0.495. The van der Waals surface area contributed by atoms with Crippen molar-refractivity contribution in [2.45, 2.75) is 13.1 Å². The Labute approximate surface area is 76.6 Å². The predicted octanol–water partition coefficient (Wildman–Crippen LogP) is 1.69. The summed E-state index contributed by atoms with van der Waals surface area (Å²) in [6.45, 7) is -0.144. The lowest BCUT2D eigenvalue weighted by Crippen LogP contribution is -2.07. The van der Waals surface area contributed by atoms with E-state index in [1.54, 1.807) is 24.3 Å². The van der Waals surface area contributed by atoms with E-state index in [2.05, 4.69) is 0 Å². The van der Waals surface area contributed by atoms with Crippen molar-refractivity contribution >= 4 is 5.78 Å². The Morgan fingerprint density at radius 3 is 2.38 bits per heavy atom. The summed E-state index contributed by atoms with van der Waals surface area (Å²) in [5.41, 5.74) is 6.43. The molecule has 0 amide bonds. The molecule has 2 N–H and O–H groups in total. The Morgan fingerprint density at radius 1 is 1.31 bits per heavy atom. The van der Waals surface area contributed by atoms with Gasteiger partial charge in [-0.15, -0.1) is 0 Å². The monoisotopic (exact) mass is 181 g/mol. The number of halogens is 1. The number of rotatable bonds is 4. The number of Topliss-reactive ketones (excluding diaryl/α,β-unsaturated/α-hetero) is 1. The Kier molecular flexibility index (Phi) is 3.58. The molecule has 0 saturated carbocycles. The topological polar surface area (TPSA) is 43.1 Å². The van der Waals surface area contributed by atoms with Crippen molar-refractivity contribution in [1.82, 2.24) is 0 Å². The number of hydrogen-bond donors (Lipinski definition) is 1. The van der Waals surface area contributed by atoms with E-state index in [-0.39, 0.29) is 5.78 Å². The van der Waals surface area contributed by atoms with Crippen LogP contribution in [-0.4, -0.2) is 12.3 Å². The average Bonchev–Trinajstić information content (AvgIpc) is 2.18. The average molecular weight is 181 g/mol. The van der Waals surface area contributed by atoms with E-state index in [0.29, 0.717) is 24.1 Å². The SMILES string of the molecule is NCCC(=O)c1ccc(CF)cc1. The van der Waals surface area contributed by atoms with Crippen molar-refractivity contribution in [2.24, 2.45) is 5.73 Å². The number of carbonyl (C=O) groups excluding carboxylic acids is 1. The van der Waals surface area contributed by atoms with Crippen LogP contribution in [0.3, 0.4) is 0 Å². The van der Waals surface area contributed by atoms with Crippen molar-refractivity contribution in [1.29, 1.82) is 0 Å². The molecule has 0 aliphatic rings. The zero-order chi connectivity index (χ0) is 9.68. The second kappa shape index (κ2) is 4.72. The standard InChI is InChI=1S/C10H12FNO/c11-7-8-1-3-9(4-2-8)10(13)5-6-12/h1-4H,5-7,12H2. The van der Waals surface area contributed by atoms with Crippen molar-refractivity contribution in [3.8, 4) is 0 Å². The fourth-order valence-corrected chi connectivity index (χ4v) is 1.06. The summed E-state index contributed by atoms with van der Waals surface area (Å²) in [5.74, 6) is 0.00732. The zero-order valence-corrected chi connectivity index (χ0v) is 7.29. The summed E-state index contributed by atoms with van der Waals surface area (Å²) in [5, 5.41) is 0. The fourth-order valence-electron chi connectivity index (χ4n) is 1.06. The largest absolute Gasteiger partial charge is 0.330 e. The molecular formula is C10H12FNO. The van der Waals surface area contributed by atoms with Gasteiger partial charge in [0.2, 0.25) is 0 Å². The maximum atomic E-state index is 12.1. The third kappa shape index (κ3) is 2.63. The first-order chi connectivity index (χ1) is 6.27. The Balaban J connectivity index is 2.74. The van der Waals surface area contributed by atoms with Gasteiger partial charge in [0.25, 0.3) is 0 Å². The third-order valence-electron chi connectivity index (χ3n) is 1.80. The lowest BCUT2D eigenvalue weighted by atomic mass is 10.1. The van der Waals surface area contributed by atoms with Crippen molar-refractivity contribution in [2.75, 3.05) is 6.54 Å². The summed E-state index contributed by atoms with van der Waals surface area (Å²) in [6, 6.07) is 6.49. The molecule has 0 atom stereocenters.